The van der Waals surface area contributed by atoms with Gasteiger partial charge >= 0.3 is 0 Å². The third-order valence-electron chi connectivity index (χ3n) is 1.95. The molecular formula is C8H12O2. The van der Waals surface area contributed by atoms with Crippen molar-refractivity contribution in [1.82, 2.24) is 0 Å². The van der Waals surface area contributed by atoms with E-state index in [-0.39, 0.29) is 11.7 Å². The second kappa shape index (κ2) is 2.97. The number of carbonyl (C=O) groups is 1. The molecule has 0 saturated heterocycles. The van der Waals surface area contributed by atoms with Gasteiger partial charge in [0.1, 0.15) is 0 Å². The predicted molar refractivity (Wildman–Crippen MR) is 38.6 cm³/mol. The zero-order valence-electron chi connectivity index (χ0n) is 6.08. The smallest absolute Gasteiger partial charge is 0.155 e. The summed E-state index contributed by atoms with van der Waals surface area (Å²) in [6.07, 6.45) is 4.03. The van der Waals surface area contributed by atoms with Gasteiger partial charge in [0, 0.05) is 6.42 Å². The topological polar surface area (TPSA) is 37.3 Å². The van der Waals surface area contributed by atoms with Gasteiger partial charge in [0.25, 0.3) is 0 Å². The lowest BCUT2D eigenvalue weighted by Gasteiger charge is -2.20. The van der Waals surface area contributed by atoms with E-state index in [4.69, 9.17) is 0 Å². The highest BCUT2D eigenvalue weighted by molar-refractivity contribution is 5.90. The molecule has 0 spiro atoms. The van der Waals surface area contributed by atoms with Crippen LogP contribution in [-0.4, -0.2) is 17.0 Å². The van der Waals surface area contributed by atoms with Gasteiger partial charge in [-0.2, -0.15) is 0 Å². The molecule has 0 amide bonds. The van der Waals surface area contributed by atoms with Crippen molar-refractivity contribution in [2.45, 2.75) is 25.9 Å². The van der Waals surface area contributed by atoms with Crippen molar-refractivity contribution >= 4 is 5.78 Å². The number of hydrogen-bond donors (Lipinski definition) is 1. The highest BCUT2D eigenvalue weighted by atomic mass is 16.3. The molecular weight excluding hydrogens is 128 g/mol. The van der Waals surface area contributed by atoms with E-state index in [2.05, 4.69) is 0 Å². The fourth-order valence-electron chi connectivity index (χ4n) is 1.20. The Morgan fingerprint density at radius 2 is 2.50 bits per heavy atom. The third kappa shape index (κ3) is 1.45. The van der Waals surface area contributed by atoms with Gasteiger partial charge in [0.2, 0.25) is 0 Å². The van der Waals surface area contributed by atoms with Gasteiger partial charge < -0.3 is 5.11 Å². The molecule has 0 heterocycles. The van der Waals surface area contributed by atoms with Crippen molar-refractivity contribution in [2.24, 2.45) is 5.92 Å². The minimum absolute atomic E-state index is 0.136. The highest BCUT2D eigenvalue weighted by Crippen LogP contribution is 2.19. The van der Waals surface area contributed by atoms with Gasteiger partial charge in [0.05, 0.1) is 6.10 Å². The van der Waals surface area contributed by atoms with E-state index >= 15 is 0 Å². The first-order valence-corrected chi connectivity index (χ1v) is 3.63. The van der Waals surface area contributed by atoms with Gasteiger partial charge in [-0.15, -0.1) is 0 Å². The number of aliphatic hydroxyl groups is 1. The Morgan fingerprint density at radius 3 is 3.00 bits per heavy atom. The molecule has 2 nitrogen and oxygen atoms in total. The van der Waals surface area contributed by atoms with Crippen LogP contribution in [0.25, 0.3) is 0 Å². The lowest BCUT2D eigenvalue weighted by molar-refractivity contribution is -0.116. The van der Waals surface area contributed by atoms with Crippen molar-refractivity contribution in [2.75, 3.05) is 0 Å². The van der Waals surface area contributed by atoms with Crippen LogP contribution in [0, 0.1) is 5.92 Å². The first-order valence-electron chi connectivity index (χ1n) is 3.63. The van der Waals surface area contributed by atoms with Crippen LogP contribution in [0.2, 0.25) is 0 Å². The number of aliphatic hydroxyl groups excluding tert-OH is 1. The van der Waals surface area contributed by atoms with E-state index < -0.39 is 6.10 Å². The Hall–Kier alpha value is -0.630. The third-order valence-corrected chi connectivity index (χ3v) is 1.95. The Kier molecular flexibility index (Phi) is 2.22. The minimum Gasteiger partial charge on any atom is -0.389 e. The molecule has 1 aliphatic rings. The number of carbonyl (C=O) groups excluding carboxylic acids is 1. The molecule has 0 saturated carbocycles. The average Bonchev–Trinajstić information content (AvgIpc) is 1.94. The lowest BCUT2D eigenvalue weighted by Crippen LogP contribution is -2.24. The summed E-state index contributed by atoms with van der Waals surface area (Å²) in [5.41, 5.74) is 0. The van der Waals surface area contributed by atoms with Crippen molar-refractivity contribution < 1.29 is 9.90 Å². The van der Waals surface area contributed by atoms with E-state index in [1.54, 1.807) is 6.08 Å². The molecule has 56 valence electrons. The summed E-state index contributed by atoms with van der Waals surface area (Å²) in [7, 11) is 0. The maximum atomic E-state index is 10.8. The van der Waals surface area contributed by atoms with Crippen LogP contribution in [0.4, 0.5) is 0 Å². The van der Waals surface area contributed by atoms with Crippen LogP contribution >= 0.6 is 0 Å². The maximum absolute atomic E-state index is 10.8. The van der Waals surface area contributed by atoms with Crippen LogP contribution in [0.15, 0.2) is 12.2 Å². The van der Waals surface area contributed by atoms with Crippen molar-refractivity contribution in [1.29, 1.82) is 0 Å². The molecule has 2 unspecified atom stereocenters. The van der Waals surface area contributed by atoms with E-state index in [1.807, 2.05) is 6.92 Å². The molecule has 10 heavy (non-hydrogen) atoms. The Morgan fingerprint density at radius 1 is 1.80 bits per heavy atom. The minimum atomic E-state index is -0.400. The van der Waals surface area contributed by atoms with Crippen molar-refractivity contribution in [3.8, 4) is 0 Å². The Bertz CT molecular complexity index is 161. The molecule has 0 bridgehead atoms. The second-order valence-corrected chi connectivity index (χ2v) is 2.69. The van der Waals surface area contributed by atoms with Gasteiger partial charge in [-0.1, -0.05) is 19.4 Å². The predicted octanol–water partition coefficient (Wildman–Crippen LogP) is 0.902. The molecule has 0 aromatic heterocycles. The van der Waals surface area contributed by atoms with Crippen molar-refractivity contribution in [3.63, 3.8) is 0 Å². The molecule has 1 rings (SSSR count). The summed E-state index contributed by atoms with van der Waals surface area (Å²) in [5, 5.41) is 9.25. The summed E-state index contributed by atoms with van der Waals surface area (Å²) >= 11 is 0. The van der Waals surface area contributed by atoms with Crippen LogP contribution < -0.4 is 0 Å². The van der Waals surface area contributed by atoms with E-state index in [0.717, 1.165) is 6.42 Å². The molecule has 0 fully saturated rings. The molecule has 2 atom stereocenters. The second-order valence-electron chi connectivity index (χ2n) is 2.69. The van der Waals surface area contributed by atoms with Gasteiger partial charge in [0.15, 0.2) is 5.78 Å². The number of hydrogen-bond acceptors (Lipinski definition) is 2. The van der Waals surface area contributed by atoms with E-state index in [9.17, 15) is 9.90 Å². The largest absolute Gasteiger partial charge is 0.389 e. The normalized spacial score (nSPS) is 32.8. The number of ketones is 1. The maximum Gasteiger partial charge on any atom is 0.155 e. The lowest BCUT2D eigenvalue weighted by atomic mass is 9.89. The summed E-state index contributed by atoms with van der Waals surface area (Å²) in [6.45, 7) is 1.99. The van der Waals surface area contributed by atoms with E-state index in [1.165, 1.54) is 6.08 Å². The molecule has 1 N–H and O–H groups in total. The highest BCUT2D eigenvalue weighted by Gasteiger charge is 2.21. The number of rotatable bonds is 1. The Balaban J connectivity index is 2.62. The average molecular weight is 140 g/mol. The molecule has 2 heteroatoms. The summed E-state index contributed by atoms with van der Waals surface area (Å²) in [6, 6.07) is 0. The quantitative estimate of drug-likeness (QED) is 0.587. The first-order chi connectivity index (χ1) is 4.74. The fraction of sp³-hybridized carbons (Fsp3) is 0.625. The molecule has 0 aromatic carbocycles. The molecule has 0 radical (unpaired) electrons. The van der Waals surface area contributed by atoms with Crippen LogP contribution in [0.1, 0.15) is 19.8 Å². The summed E-state index contributed by atoms with van der Waals surface area (Å²) < 4.78 is 0. The van der Waals surface area contributed by atoms with Crippen LogP contribution in [0.5, 0.6) is 0 Å². The zero-order chi connectivity index (χ0) is 7.56. The zero-order valence-corrected chi connectivity index (χ0v) is 6.08. The summed E-state index contributed by atoms with van der Waals surface area (Å²) in [5.74, 6) is 0.287. The molecule has 0 aliphatic heterocycles. The Labute approximate surface area is 60.6 Å². The van der Waals surface area contributed by atoms with Crippen LogP contribution in [-0.2, 0) is 4.79 Å². The number of allylic oxidation sites excluding steroid dienone is 1. The van der Waals surface area contributed by atoms with Gasteiger partial charge in [-0.3, -0.25) is 4.79 Å². The van der Waals surface area contributed by atoms with Gasteiger partial charge in [-0.05, 0) is 12.0 Å². The standard InChI is InChI=1S/C8H12O2/c1-2-6-5-7(9)3-4-8(6)10/h3-4,6,8,10H,2,5H2,1H3. The molecule has 1 aliphatic carbocycles. The fourth-order valence-corrected chi connectivity index (χ4v) is 1.20. The first kappa shape index (κ1) is 7.48. The van der Waals surface area contributed by atoms with Gasteiger partial charge in [-0.25, -0.2) is 0 Å². The SMILES string of the molecule is CCC1CC(=O)C=CC1O. The van der Waals surface area contributed by atoms with Crippen molar-refractivity contribution in [3.05, 3.63) is 12.2 Å². The monoisotopic (exact) mass is 140 g/mol. The summed E-state index contributed by atoms with van der Waals surface area (Å²) in [4.78, 5) is 10.8. The van der Waals surface area contributed by atoms with Crippen LogP contribution in [0.3, 0.4) is 0 Å². The van der Waals surface area contributed by atoms with E-state index in [0.29, 0.717) is 6.42 Å². The molecule has 0 aromatic rings.